The van der Waals surface area contributed by atoms with Crippen molar-refractivity contribution in [2.24, 2.45) is 0 Å². The maximum atomic E-state index is 11.8. The molecular weight excluding hydrogens is 258 g/mol. The smallest absolute Gasteiger partial charge is 0.335 e. The lowest BCUT2D eigenvalue weighted by atomic mass is 10.2. The fraction of sp³-hybridized carbons (Fsp3) is 0.467. The van der Waals surface area contributed by atoms with Crippen LogP contribution in [0, 0.1) is 0 Å². The number of hydrogen-bond donors (Lipinski definition) is 1. The zero-order chi connectivity index (χ0) is 15.0. The number of rotatable bonds is 8. The Hall–Kier alpha value is -2.04. The second-order valence-corrected chi connectivity index (χ2v) is 4.35. The van der Waals surface area contributed by atoms with Gasteiger partial charge in [0.2, 0.25) is 5.91 Å². The van der Waals surface area contributed by atoms with Crippen molar-refractivity contribution in [1.82, 2.24) is 4.90 Å². The van der Waals surface area contributed by atoms with Crippen LogP contribution in [0.5, 0.6) is 5.75 Å². The molecule has 0 aliphatic rings. The fourth-order valence-electron chi connectivity index (χ4n) is 1.87. The lowest BCUT2D eigenvalue weighted by Crippen LogP contribution is -2.30. The number of amides is 1. The maximum absolute atomic E-state index is 11.8. The van der Waals surface area contributed by atoms with Crippen molar-refractivity contribution in [2.75, 3.05) is 19.7 Å². The minimum Gasteiger partial charge on any atom is -0.494 e. The van der Waals surface area contributed by atoms with Gasteiger partial charge in [0, 0.05) is 19.5 Å². The van der Waals surface area contributed by atoms with E-state index in [9.17, 15) is 9.59 Å². The average molecular weight is 279 g/mol. The SMILES string of the molecule is CCN(CC)C(=O)CCCOc1cccc(C(=O)O)c1. The van der Waals surface area contributed by atoms with Crippen molar-refractivity contribution < 1.29 is 19.4 Å². The summed E-state index contributed by atoms with van der Waals surface area (Å²) in [5.41, 5.74) is 0.196. The first kappa shape index (κ1) is 16.0. The third-order valence-electron chi connectivity index (χ3n) is 3.00. The van der Waals surface area contributed by atoms with Crippen LogP contribution in [0.1, 0.15) is 37.0 Å². The number of ether oxygens (including phenoxy) is 1. The van der Waals surface area contributed by atoms with E-state index in [1.807, 2.05) is 13.8 Å². The van der Waals surface area contributed by atoms with Crippen LogP contribution >= 0.6 is 0 Å². The van der Waals surface area contributed by atoms with Crippen molar-refractivity contribution in [3.8, 4) is 5.75 Å². The van der Waals surface area contributed by atoms with Crippen molar-refractivity contribution in [2.45, 2.75) is 26.7 Å². The average Bonchev–Trinajstić information content (AvgIpc) is 2.45. The molecule has 0 radical (unpaired) electrons. The molecule has 110 valence electrons. The number of hydrogen-bond acceptors (Lipinski definition) is 3. The van der Waals surface area contributed by atoms with Gasteiger partial charge < -0.3 is 14.7 Å². The fourth-order valence-corrected chi connectivity index (χ4v) is 1.87. The molecule has 0 aromatic heterocycles. The molecule has 1 rings (SSSR count). The quantitative estimate of drug-likeness (QED) is 0.742. The van der Waals surface area contributed by atoms with E-state index in [0.29, 0.717) is 25.2 Å². The predicted octanol–water partition coefficient (Wildman–Crippen LogP) is 2.41. The van der Waals surface area contributed by atoms with Crippen LogP contribution < -0.4 is 4.74 Å². The normalized spacial score (nSPS) is 10.1. The van der Waals surface area contributed by atoms with Crippen LogP contribution in [0.15, 0.2) is 24.3 Å². The Kier molecular flexibility index (Phi) is 6.56. The highest BCUT2D eigenvalue weighted by molar-refractivity contribution is 5.88. The van der Waals surface area contributed by atoms with Gasteiger partial charge in [0.15, 0.2) is 0 Å². The largest absolute Gasteiger partial charge is 0.494 e. The molecule has 0 atom stereocenters. The highest BCUT2D eigenvalue weighted by Gasteiger charge is 2.09. The first-order valence-electron chi connectivity index (χ1n) is 6.82. The summed E-state index contributed by atoms with van der Waals surface area (Å²) in [5.74, 6) is -0.342. The van der Waals surface area contributed by atoms with Gasteiger partial charge in [-0.25, -0.2) is 4.79 Å². The molecule has 0 aliphatic carbocycles. The second kappa shape index (κ2) is 8.19. The van der Waals surface area contributed by atoms with Crippen molar-refractivity contribution in [3.63, 3.8) is 0 Å². The number of nitrogens with zero attached hydrogens (tertiary/aromatic N) is 1. The van der Waals surface area contributed by atoms with Gasteiger partial charge >= 0.3 is 5.97 Å². The Morgan fingerprint density at radius 2 is 1.95 bits per heavy atom. The Labute approximate surface area is 119 Å². The summed E-state index contributed by atoms with van der Waals surface area (Å²) >= 11 is 0. The number of carbonyl (C=O) groups excluding carboxylic acids is 1. The lowest BCUT2D eigenvalue weighted by Gasteiger charge is -2.18. The molecule has 1 amide bonds. The van der Waals surface area contributed by atoms with Gasteiger partial charge in [0.1, 0.15) is 5.75 Å². The molecule has 0 bridgehead atoms. The molecule has 1 N–H and O–H groups in total. The Morgan fingerprint density at radius 3 is 2.55 bits per heavy atom. The summed E-state index contributed by atoms with van der Waals surface area (Å²) in [7, 11) is 0. The molecule has 0 aliphatic heterocycles. The van der Waals surface area contributed by atoms with Crippen LogP contribution in [0.25, 0.3) is 0 Å². The standard InChI is InChI=1S/C15H21NO4/c1-3-16(4-2)14(17)9-6-10-20-13-8-5-7-12(11-13)15(18)19/h5,7-8,11H,3-4,6,9-10H2,1-2H3,(H,18,19). The van der Waals surface area contributed by atoms with Gasteiger partial charge in [-0.1, -0.05) is 6.07 Å². The van der Waals surface area contributed by atoms with E-state index in [1.165, 1.54) is 12.1 Å². The van der Waals surface area contributed by atoms with Crippen molar-refractivity contribution >= 4 is 11.9 Å². The Morgan fingerprint density at radius 1 is 1.25 bits per heavy atom. The lowest BCUT2D eigenvalue weighted by molar-refractivity contribution is -0.131. The molecular formula is C15H21NO4. The van der Waals surface area contributed by atoms with Gasteiger partial charge in [-0.15, -0.1) is 0 Å². The van der Waals surface area contributed by atoms with E-state index in [4.69, 9.17) is 9.84 Å². The minimum atomic E-state index is -0.979. The monoisotopic (exact) mass is 279 g/mol. The number of carboxylic acid groups (broad SMARTS) is 1. The van der Waals surface area contributed by atoms with Crippen LogP contribution in [-0.4, -0.2) is 41.6 Å². The molecule has 1 aromatic rings. The Bertz CT molecular complexity index is 455. The van der Waals surface area contributed by atoms with Gasteiger partial charge in [-0.2, -0.15) is 0 Å². The molecule has 0 saturated heterocycles. The summed E-state index contributed by atoms with van der Waals surface area (Å²) in [5, 5.41) is 8.86. The molecule has 5 nitrogen and oxygen atoms in total. The molecule has 0 spiro atoms. The molecule has 0 heterocycles. The second-order valence-electron chi connectivity index (χ2n) is 4.35. The Balaban J connectivity index is 2.36. The third-order valence-corrected chi connectivity index (χ3v) is 3.00. The van der Waals surface area contributed by atoms with Gasteiger partial charge in [-0.05, 0) is 38.5 Å². The molecule has 0 fully saturated rings. The third kappa shape index (κ3) is 4.91. The predicted molar refractivity (Wildman–Crippen MR) is 76.1 cm³/mol. The van der Waals surface area contributed by atoms with E-state index in [1.54, 1.807) is 17.0 Å². The molecule has 20 heavy (non-hydrogen) atoms. The highest BCUT2D eigenvalue weighted by Crippen LogP contribution is 2.13. The first-order chi connectivity index (χ1) is 9.58. The summed E-state index contributed by atoms with van der Waals surface area (Å²) in [6.45, 7) is 5.74. The number of benzene rings is 1. The molecule has 0 unspecified atom stereocenters. The summed E-state index contributed by atoms with van der Waals surface area (Å²) in [6, 6.07) is 6.34. The summed E-state index contributed by atoms with van der Waals surface area (Å²) < 4.78 is 5.46. The topological polar surface area (TPSA) is 66.8 Å². The molecule has 1 aromatic carbocycles. The van der Waals surface area contributed by atoms with Crippen LogP contribution in [0.4, 0.5) is 0 Å². The zero-order valence-electron chi connectivity index (χ0n) is 12.0. The number of aromatic carboxylic acids is 1. The van der Waals surface area contributed by atoms with E-state index in [2.05, 4.69) is 0 Å². The van der Waals surface area contributed by atoms with E-state index < -0.39 is 5.97 Å². The van der Waals surface area contributed by atoms with Gasteiger partial charge in [0.25, 0.3) is 0 Å². The molecule has 5 heteroatoms. The number of carboxylic acids is 1. The van der Waals surface area contributed by atoms with E-state index in [-0.39, 0.29) is 11.5 Å². The summed E-state index contributed by atoms with van der Waals surface area (Å²) in [6.07, 6.45) is 1.06. The van der Waals surface area contributed by atoms with Gasteiger partial charge in [-0.3, -0.25) is 4.79 Å². The zero-order valence-corrected chi connectivity index (χ0v) is 12.0. The minimum absolute atomic E-state index is 0.123. The first-order valence-corrected chi connectivity index (χ1v) is 6.82. The summed E-state index contributed by atoms with van der Waals surface area (Å²) in [4.78, 5) is 24.3. The highest BCUT2D eigenvalue weighted by atomic mass is 16.5. The van der Waals surface area contributed by atoms with Crippen molar-refractivity contribution in [3.05, 3.63) is 29.8 Å². The van der Waals surface area contributed by atoms with Crippen molar-refractivity contribution in [1.29, 1.82) is 0 Å². The number of carbonyl (C=O) groups is 2. The maximum Gasteiger partial charge on any atom is 0.335 e. The van der Waals surface area contributed by atoms with Gasteiger partial charge in [0.05, 0.1) is 12.2 Å². The van der Waals surface area contributed by atoms with Crippen LogP contribution in [0.3, 0.4) is 0 Å². The van der Waals surface area contributed by atoms with E-state index in [0.717, 1.165) is 13.1 Å². The molecule has 0 saturated carbocycles. The van der Waals surface area contributed by atoms with Crippen LogP contribution in [-0.2, 0) is 4.79 Å². The van der Waals surface area contributed by atoms with Crippen LogP contribution in [0.2, 0.25) is 0 Å². The van der Waals surface area contributed by atoms with E-state index >= 15 is 0 Å².